The van der Waals surface area contributed by atoms with E-state index in [1.807, 2.05) is 19.9 Å². The minimum absolute atomic E-state index is 0.0158. The van der Waals surface area contributed by atoms with Crippen LogP contribution in [-0.2, 0) is 4.79 Å². The van der Waals surface area contributed by atoms with E-state index in [9.17, 15) is 4.79 Å². The van der Waals surface area contributed by atoms with Crippen molar-refractivity contribution in [2.75, 3.05) is 6.61 Å². The van der Waals surface area contributed by atoms with E-state index in [2.05, 4.69) is 56.4 Å². The molecule has 2 aromatic rings. The van der Waals surface area contributed by atoms with E-state index in [1.54, 1.807) is 0 Å². The van der Waals surface area contributed by atoms with Crippen LogP contribution in [0.2, 0.25) is 0 Å². The van der Waals surface area contributed by atoms with Crippen molar-refractivity contribution in [2.45, 2.75) is 47.1 Å². The molecule has 1 amide bonds. The van der Waals surface area contributed by atoms with E-state index >= 15 is 0 Å². The van der Waals surface area contributed by atoms with E-state index in [1.165, 1.54) is 11.1 Å². The minimum atomic E-state index is -0.0963. The van der Waals surface area contributed by atoms with Gasteiger partial charge in [-0.05, 0) is 62.4 Å². The Bertz CT molecular complexity index is 705. The monoisotopic (exact) mass is 325 g/mol. The lowest BCUT2D eigenvalue weighted by molar-refractivity contribution is -0.123. The Hall–Kier alpha value is -2.29. The molecule has 0 saturated heterocycles. The molecule has 0 spiro atoms. The first kappa shape index (κ1) is 18.1. The summed E-state index contributed by atoms with van der Waals surface area (Å²) in [5.41, 5.74) is 5.74. The van der Waals surface area contributed by atoms with Gasteiger partial charge in [-0.3, -0.25) is 4.79 Å². The van der Waals surface area contributed by atoms with Crippen LogP contribution >= 0.6 is 0 Å². The van der Waals surface area contributed by atoms with Gasteiger partial charge in [-0.2, -0.15) is 0 Å². The molecule has 0 bridgehead atoms. The van der Waals surface area contributed by atoms with Crippen LogP contribution in [0.4, 0.5) is 0 Å². The van der Waals surface area contributed by atoms with Crippen LogP contribution < -0.4 is 10.1 Å². The molecule has 24 heavy (non-hydrogen) atoms. The van der Waals surface area contributed by atoms with Gasteiger partial charge in [0.2, 0.25) is 0 Å². The van der Waals surface area contributed by atoms with Gasteiger partial charge in [-0.15, -0.1) is 0 Å². The lowest BCUT2D eigenvalue weighted by Gasteiger charge is -2.18. The van der Waals surface area contributed by atoms with E-state index in [-0.39, 0.29) is 18.6 Å². The fraction of sp³-hybridized carbons (Fsp3) is 0.381. The van der Waals surface area contributed by atoms with Gasteiger partial charge in [-0.25, -0.2) is 0 Å². The number of rotatable bonds is 6. The number of aryl methyl sites for hydroxylation is 3. The molecular weight excluding hydrogens is 298 g/mol. The fourth-order valence-electron chi connectivity index (χ4n) is 2.75. The lowest BCUT2D eigenvalue weighted by Crippen LogP contribution is -2.32. The van der Waals surface area contributed by atoms with Gasteiger partial charge in [0.15, 0.2) is 6.61 Å². The standard InChI is InChI=1S/C21H27NO2/c1-6-19(18-9-7-14(2)8-10-18)22-21(23)13-24-20-12-15(3)11-16(4)17(20)5/h7-12,19H,6,13H2,1-5H3,(H,22,23). The third kappa shape index (κ3) is 4.60. The summed E-state index contributed by atoms with van der Waals surface area (Å²) in [6.45, 7) is 10.3. The second-order valence-corrected chi connectivity index (χ2v) is 6.43. The summed E-state index contributed by atoms with van der Waals surface area (Å²) in [6, 6.07) is 12.4. The van der Waals surface area contributed by atoms with E-state index in [0.29, 0.717) is 0 Å². The van der Waals surface area contributed by atoms with Gasteiger partial charge >= 0.3 is 0 Å². The average molecular weight is 325 g/mol. The summed E-state index contributed by atoms with van der Waals surface area (Å²) in [5.74, 6) is 0.687. The Morgan fingerprint density at radius 3 is 2.33 bits per heavy atom. The zero-order valence-corrected chi connectivity index (χ0v) is 15.3. The van der Waals surface area contributed by atoms with Crippen LogP contribution in [0.5, 0.6) is 5.75 Å². The molecule has 0 heterocycles. The first-order chi connectivity index (χ1) is 11.4. The summed E-state index contributed by atoms with van der Waals surface area (Å²) in [6.07, 6.45) is 0.845. The molecule has 2 rings (SSSR count). The molecule has 0 aliphatic heterocycles. The first-order valence-corrected chi connectivity index (χ1v) is 8.47. The first-order valence-electron chi connectivity index (χ1n) is 8.47. The number of nitrogens with one attached hydrogen (secondary N) is 1. The summed E-state index contributed by atoms with van der Waals surface area (Å²) >= 11 is 0. The highest BCUT2D eigenvalue weighted by atomic mass is 16.5. The van der Waals surface area contributed by atoms with Crippen molar-refractivity contribution in [1.82, 2.24) is 5.32 Å². The van der Waals surface area contributed by atoms with E-state index in [0.717, 1.165) is 28.9 Å². The average Bonchev–Trinajstić information content (AvgIpc) is 2.55. The van der Waals surface area contributed by atoms with Crippen LogP contribution in [-0.4, -0.2) is 12.5 Å². The van der Waals surface area contributed by atoms with Gasteiger partial charge in [0, 0.05) is 0 Å². The smallest absolute Gasteiger partial charge is 0.258 e. The Morgan fingerprint density at radius 2 is 1.71 bits per heavy atom. The van der Waals surface area contributed by atoms with Gasteiger partial charge in [0.05, 0.1) is 6.04 Å². The highest BCUT2D eigenvalue weighted by Gasteiger charge is 2.14. The predicted octanol–water partition coefficient (Wildman–Crippen LogP) is 4.57. The van der Waals surface area contributed by atoms with Gasteiger partial charge < -0.3 is 10.1 Å². The summed E-state index contributed by atoms with van der Waals surface area (Å²) < 4.78 is 5.75. The molecular formula is C21H27NO2. The maximum atomic E-state index is 12.3. The Kier molecular flexibility index (Phi) is 6.02. The Morgan fingerprint density at radius 1 is 1.04 bits per heavy atom. The normalized spacial score (nSPS) is 11.9. The Labute approximate surface area is 145 Å². The van der Waals surface area contributed by atoms with Crippen molar-refractivity contribution in [3.63, 3.8) is 0 Å². The molecule has 3 nitrogen and oxygen atoms in total. The number of benzene rings is 2. The maximum Gasteiger partial charge on any atom is 0.258 e. The molecule has 0 fully saturated rings. The van der Waals surface area contributed by atoms with E-state index in [4.69, 9.17) is 4.74 Å². The van der Waals surface area contributed by atoms with Crippen LogP contribution in [0.1, 0.15) is 47.2 Å². The second-order valence-electron chi connectivity index (χ2n) is 6.43. The number of amides is 1. The summed E-state index contributed by atoms with van der Waals surface area (Å²) in [5, 5.41) is 3.06. The SMILES string of the molecule is CCC(NC(=O)COc1cc(C)cc(C)c1C)c1ccc(C)cc1. The Balaban J connectivity index is 1.98. The topological polar surface area (TPSA) is 38.3 Å². The highest BCUT2D eigenvalue weighted by Crippen LogP contribution is 2.23. The maximum absolute atomic E-state index is 12.3. The largest absolute Gasteiger partial charge is 0.483 e. The number of hydrogen-bond acceptors (Lipinski definition) is 2. The van der Waals surface area contributed by atoms with Crippen molar-refractivity contribution in [3.05, 3.63) is 64.2 Å². The molecule has 3 heteroatoms. The van der Waals surface area contributed by atoms with Crippen LogP contribution in [0.3, 0.4) is 0 Å². The van der Waals surface area contributed by atoms with Gasteiger partial charge in [-0.1, -0.05) is 42.8 Å². The zero-order chi connectivity index (χ0) is 17.7. The zero-order valence-electron chi connectivity index (χ0n) is 15.3. The van der Waals surface area contributed by atoms with Crippen LogP contribution in [0.15, 0.2) is 36.4 Å². The number of carbonyl (C=O) groups excluding carboxylic acids is 1. The highest BCUT2D eigenvalue weighted by molar-refractivity contribution is 5.78. The molecule has 0 saturated carbocycles. The molecule has 0 aliphatic carbocycles. The molecule has 128 valence electrons. The van der Waals surface area contributed by atoms with Crippen molar-refractivity contribution in [2.24, 2.45) is 0 Å². The van der Waals surface area contributed by atoms with E-state index < -0.39 is 0 Å². The molecule has 0 radical (unpaired) electrons. The predicted molar refractivity (Wildman–Crippen MR) is 98.5 cm³/mol. The minimum Gasteiger partial charge on any atom is -0.483 e. The van der Waals surface area contributed by atoms with Crippen molar-refractivity contribution < 1.29 is 9.53 Å². The van der Waals surface area contributed by atoms with Crippen molar-refractivity contribution in [1.29, 1.82) is 0 Å². The van der Waals surface area contributed by atoms with Gasteiger partial charge in [0.25, 0.3) is 5.91 Å². The third-order valence-corrected chi connectivity index (χ3v) is 4.35. The number of carbonyl (C=O) groups is 1. The van der Waals surface area contributed by atoms with Crippen LogP contribution in [0, 0.1) is 27.7 Å². The quantitative estimate of drug-likeness (QED) is 0.845. The van der Waals surface area contributed by atoms with Gasteiger partial charge in [0.1, 0.15) is 5.75 Å². The molecule has 1 unspecified atom stereocenters. The van der Waals surface area contributed by atoms with Crippen molar-refractivity contribution in [3.8, 4) is 5.75 Å². The number of hydrogen-bond donors (Lipinski definition) is 1. The molecule has 2 aromatic carbocycles. The lowest BCUT2D eigenvalue weighted by atomic mass is 10.0. The third-order valence-electron chi connectivity index (χ3n) is 4.35. The summed E-state index contributed by atoms with van der Waals surface area (Å²) in [4.78, 5) is 12.3. The molecule has 0 aliphatic rings. The van der Waals surface area contributed by atoms with Crippen molar-refractivity contribution >= 4 is 5.91 Å². The summed E-state index contributed by atoms with van der Waals surface area (Å²) in [7, 11) is 0. The molecule has 0 aromatic heterocycles. The fourth-order valence-corrected chi connectivity index (χ4v) is 2.75. The second kappa shape index (κ2) is 8.00. The van der Waals surface area contributed by atoms with Crippen LogP contribution in [0.25, 0.3) is 0 Å². The molecule has 1 N–H and O–H groups in total. The molecule has 1 atom stereocenters. The number of ether oxygens (including phenoxy) is 1.